The minimum absolute atomic E-state index is 0.806. The van der Waals surface area contributed by atoms with E-state index in [1.165, 1.54) is 49.7 Å². The normalized spacial score (nSPS) is 9.33. The van der Waals surface area contributed by atoms with Crippen molar-refractivity contribution in [3.63, 3.8) is 0 Å². The van der Waals surface area contributed by atoms with Crippen LogP contribution in [0.15, 0.2) is 48.5 Å². The molecule has 3 heteroatoms. The predicted molar refractivity (Wildman–Crippen MR) is 93.0 cm³/mol. The van der Waals surface area contributed by atoms with Gasteiger partial charge in [0, 0.05) is 0 Å². The second-order valence-corrected chi connectivity index (χ2v) is 9.09. The van der Waals surface area contributed by atoms with Crippen LogP contribution in [0.3, 0.4) is 0 Å². The van der Waals surface area contributed by atoms with Crippen molar-refractivity contribution in [2.45, 2.75) is 52.4 Å². The summed E-state index contributed by atoms with van der Waals surface area (Å²) in [4.78, 5) is 0. The molecule has 0 nitrogen and oxygen atoms in total. The molecular weight excluding hydrogens is 471 g/mol. The van der Waals surface area contributed by atoms with Crippen molar-refractivity contribution in [3.8, 4) is 0 Å². The van der Waals surface area contributed by atoms with Gasteiger partial charge in [0.25, 0.3) is 0 Å². The van der Waals surface area contributed by atoms with Gasteiger partial charge in [-0.2, -0.15) is 35.4 Å². The predicted octanol–water partition coefficient (Wildman–Crippen LogP) is 6.87. The second kappa shape index (κ2) is 16.3. The van der Waals surface area contributed by atoms with Crippen molar-refractivity contribution in [1.82, 2.24) is 0 Å². The zero-order valence-electron chi connectivity index (χ0n) is 13.0. The van der Waals surface area contributed by atoms with E-state index in [9.17, 15) is 0 Å². The number of hydrogen-bond donors (Lipinski definition) is 0. The summed E-state index contributed by atoms with van der Waals surface area (Å²) in [6.07, 6.45) is 7.75. The molecule has 2 aromatic rings. The Morgan fingerprint density at radius 1 is 0.714 bits per heavy atom. The first-order valence-corrected chi connectivity index (χ1v) is 14.9. The minimum atomic E-state index is -0.806. The first-order chi connectivity index (χ1) is 10.3. The Labute approximate surface area is 147 Å². The van der Waals surface area contributed by atoms with Crippen molar-refractivity contribution in [2.75, 3.05) is 0 Å². The monoisotopic (exact) mass is 496 g/mol. The zero-order valence-corrected chi connectivity index (χ0v) is 17.5. The molecule has 2 aromatic carbocycles. The molecule has 0 amide bonds. The maximum atomic E-state index is 4.93. The molecule has 0 atom stereocenters. The summed E-state index contributed by atoms with van der Waals surface area (Å²) >= 11 is -0.806. The maximum absolute atomic E-state index is 4.93. The SMILES string of the molecule is CCCC[c-]1cccc1.CCCC[c-]1cccc1.[Cl][W][Cl]. The van der Waals surface area contributed by atoms with Crippen molar-refractivity contribution in [3.05, 3.63) is 59.7 Å². The standard InChI is InChI=1S/2C9H13.2ClH.W/c2*1-2-3-6-9-7-4-5-8-9;;;/h2*4-5,7-8H,2-3,6H2,1H3;2*1H;/q2*-1;;;+2/p-2. The summed E-state index contributed by atoms with van der Waals surface area (Å²) in [6.45, 7) is 4.45. The average molecular weight is 497 g/mol. The molecule has 0 aliphatic carbocycles. The molecule has 120 valence electrons. The van der Waals surface area contributed by atoms with Crippen LogP contribution >= 0.6 is 18.8 Å². The second-order valence-electron chi connectivity index (χ2n) is 4.85. The van der Waals surface area contributed by atoms with Gasteiger partial charge in [0.05, 0.1) is 0 Å². The number of halogens is 2. The van der Waals surface area contributed by atoms with Crippen LogP contribution in [-0.4, -0.2) is 0 Å². The molecule has 0 heterocycles. The van der Waals surface area contributed by atoms with Gasteiger partial charge in [-0.05, 0) is 0 Å². The summed E-state index contributed by atoms with van der Waals surface area (Å²) in [7, 11) is 9.86. The van der Waals surface area contributed by atoms with Crippen LogP contribution < -0.4 is 0 Å². The van der Waals surface area contributed by atoms with Gasteiger partial charge in [-0.25, -0.2) is 24.3 Å². The van der Waals surface area contributed by atoms with Crippen LogP contribution in [0.25, 0.3) is 0 Å². The van der Waals surface area contributed by atoms with Gasteiger partial charge >= 0.3 is 35.3 Å². The van der Waals surface area contributed by atoms with Crippen molar-refractivity contribution < 1.29 is 16.5 Å². The molecule has 0 saturated heterocycles. The van der Waals surface area contributed by atoms with Crippen LogP contribution in [0.2, 0.25) is 0 Å². The summed E-state index contributed by atoms with van der Waals surface area (Å²) in [6, 6.07) is 17.2. The first kappa shape index (κ1) is 21.0. The van der Waals surface area contributed by atoms with E-state index in [1.54, 1.807) is 0 Å². The molecule has 0 aromatic heterocycles. The Hall–Kier alpha value is -0.0317. The van der Waals surface area contributed by atoms with E-state index < -0.39 is 16.5 Å². The molecule has 0 aliphatic rings. The fourth-order valence-electron chi connectivity index (χ4n) is 1.92. The molecule has 0 unspecified atom stereocenters. The molecule has 0 bridgehead atoms. The molecule has 0 aliphatic heterocycles. The number of unbranched alkanes of at least 4 members (excludes halogenated alkanes) is 2. The van der Waals surface area contributed by atoms with Crippen LogP contribution in [0.1, 0.15) is 50.7 Å². The van der Waals surface area contributed by atoms with E-state index >= 15 is 0 Å². The Morgan fingerprint density at radius 2 is 1.00 bits per heavy atom. The van der Waals surface area contributed by atoms with E-state index in [-0.39, 0.29) is 0 Å². The first-order valence-electron chi connectivity index (χ1n) is 7.58. The third kappa shape index (κ3) is 13.4. The quantitative estimate of drug-likeness (QED) is 0.382. The van der Waals surface area contributed by atoms with Crippen LogP contribution in [0.5, 0.6) is 0 Å². The Kier molecular flexibility index (Phi) is 16.3. The third-order valence-electron chi connectivity index (χ3n) is 3.10. The van der Waals surface area contributed by atoms with Gasteiger partial charge in [0.15, 0.2) is 0 Å². The molecular formula is C18H26Cl2W-2. The van der Waals surface area contributed by atoms with E-state index in [0.29, 0.717) is 0 Å². The summed E-state index contributed by atoms with van der Waals surface area (Å²) in [5, 5.41) is 0. The van der Waals surface area contributed by atoms with Crippen molar-refractivity contribution >= 4 is 18.8 Å². The molecule has 0 N–H and O–H groups in total. The summed E-state index contributed by atoms with van der Waals surface area (Å²) in [5.74, 6) is 0. The molecule has 0 fully saturated rings. The fourth-order valence-corrected chi connectivity index (χ4v) is 1.92. The van der Waals surface area contributed by atoms with E-state index in [2.05, 4.69) is 62.4 Å². The summed E-state index contributed by atoms with van der Waals surface area (Å²) in [5.41, 5.74) is 2.97. The molecule has 0 spiro atoms. The van der Waals surface area contributed by atoms with Gasteiger partial charge in [-0.3, -0.25) is 0 Å². The molecule has 0 radical (unpaired) electrons. The van der Waals surface area contributed by atoms with E-state index in [4.69, 9.17) is 18.8 Å². The molecule has 2 rings (SSSR count). The summed E-state index contributed by atoms with van der Waals surface area (Å²) < 4.78 is 0. The van der Waals surface area contributed by atoms with Crippen LogP contribution in [0.4, 0.5) is 0 Å². The van der Waals surface area contributed by atoms with E-state index in [0.717, 1.165) is 0 Å². The average Bonchev–Trinajstić information content (AvgIpc) is 3.18. The van der Waals surface area contributed by atoms with Gasteiger partial charge in [-0.15, -0.1) is 0 Å². The van der Waals surface area contributed by atoms with Crippen LogP contribution in [-0.2, 0) is 29.3 Å². The number of hydrogen-bond acceptors (Lipinski definition) is 0. The number of rotatable bonds is 6. The Balaban J connectivity index is 0.000000322. The molecule has 21 heavy (non-hydrogen) atoms. The number of aryl methyl sites for hydroxylation is 2. The van der Waals surface area contributed by atoms with Gasteiger partial charge in [-0.1, -0.05) is 52.4 Å². The fraction of sp³-hybridized carbons (Fsp3) is 0.444. The van der Waals surface area contributed by atoms with Gasteiger partial charge in [0.2, 0.25) is 0 Å². The topological polar surface area (TPSA) is 0 Å². The van der Waals surface area contributed by atoms with Crippen molar-refractivity contribution in [2.24, 2.45) is 0 Å². The zero-order chi connectivity index (χ0) is 15.8. The van der Waals surface area contributed by atoms with Gasteiger partial charge < -0.3 is 0 Å². The van der Waals surface area contributed by atoms with Crippen molar-refractivity contribution in [1.29, 1.82) is 0 Å². The van der Waals surface area contributed by atoms with Gasteiger partial charge in [0.1, 0.15) is 0 Å². The third-order valence-corrected chi connectivity index (χ3v) is 3.10. The Morgan fingerprint density at radius 3 is 1.24 bits per heavy atom. The molecule has 0 saturated carbocycles. The van der Waals surface area contributed by atoms with Crippen LogP contribution in [0, 0.1) is 0 Å². The van der Waals surface area contributed by atoms with E-state index in [1.807, 2.05) is 0 Å². The Bertz CT molecular complexity index is 341.